The van der Waals surface area contributed by atoms with Gasteiger partial charge < -0.3 is 4.98 Å². The Morgan fingerprint density at radius 3 is 2.63 bits per heavy atom. The van der Waals surface area contributed by atoms with E-state index in [4.69, 9.17) is 0 Å². The standard InChI is InChI=1S/C12H10N6O/c1-7-9(8-2-4-13-5-3-8)6-10(12(19)14-7)11-15-17-18-16-11/h2-6H,1H3,(H,14,19)(H,15,16,17,18). The van der Waals surface area contributed by atoms with Gasteiger partial charge >= 0.3 is 0 Å². The quantitative estimate of drug-likeness (QED) is 0.708. The number of rotatable bonds is 2. The van der Waals surface area contributed by atoms with Gasteiger partial charge in [-0.05, 0) is 35.9 Å². The second-order valence-electron chi connectivity index (χ2n) is 4.02. The van der Waals surface area contributed by atoms with Gasteiger partial charge in [-0.2, -0.15) is 5.21 Å². The van der Waals surface area contributed by atoms with E-state index < -0.39 is 0 Å². The molecule has 0 atom stereocenters. The lowest BCUT2D eigenvalue weighted by atomic mass is 10.0. The van der Waals surface area contributed by atoms with Gasteiger partial charge in [0.05, 0.1) is 5.56 Å². The summed E-state index contributed by atoms with van der Waals surface area (Å²) in [6.45, 7) is 1.84. The van der Waals surface area contributed by atoms with Crippen LogP contribution in [0.3, 0.4) is 0 Å². The number of pyridine rings is 2. The van der Waals surface area contributed by atoms with Crippen molar-refractivity contribution in [1.82, 2.24) is 30.6 Å². The number of tetrazole rings is 1. The highest BCUT2D eigenvalue weighted by molar-refractivity contribution is 5.70. The first-order chi connectivity index (χ1) is 9.25. The van der Waals surface area contributed by atoms with Gasteiger partial charge in [-0.3, -0.25) is 9.78 Å². The van der Waals surface area contributed by atoms with E-state index in [-0.39, 0.29) is 11.4 Å². The third kappa shape index (κ3) is 2.01. The molecule has 0 aromatic carbocycles. The molecule has 94 valence electrons. The maximum Gasteiger partial charge on any atom is 0.259 e. The monoisotopic (exact) mass is 254 g/mol. The normalized spacial score (nSPS) is 10.6. The highest BCUT2D eigenvalue weighted by Gasteiger charge is 2.12. The summed E-state index contributed by atoms with van der Waals surface area (Å²) in [5.74, 6) is 0.275. The molecule has 0 unspecified atom stereocenters. The smallest absolute Gasteiger partial charge is 0.259 e. The molecule has 7 nitrogen and oxygen atoms in total. The first-order valence-electron chi connectivity index (χ1n) is 5.64. The Kier molecular flexibility index (Phi) is 2.64. The molecule has 2 N–H and O–H groups in total. The van der Waals surface area contributed by atoms with Crippen molar-refractivity contribution in [3.05, 3.63) is 46.6 Å². The van der Waals surface area contributed by atoms with Crippen LogP contribution in [-0.4, -0.2) is 30.6 Å². The van der Waals surface area contributed by atoms with Crippen LogP contribution in [0.4, 0.5) is 0 Å². The maximum atomic E-state index is 11.9. The lowest BCUT2D eigenvalue weighted by Crippen LogP contribution is -2.12. The second-order valence-corrected chi connectivity index (χ2v) is 4.02. The Labute approximate surface area is 107 Å². The molecule has 19 heavy (non-hydrogen) atoms. The molecule has 0 aliphatic carbocycles. The molecule has 0 saturated carbocycles. The molecule has 3 aromatic rings. The van der Waals surface area contributed by atoms with Gasteiger partial charge in [-0.25, -0.2) is 0 Å². The van der Waals surface area contributed by atoms with E-state index in [9.17, 15) is 4.79 Å². The van der Waals surface area contributed by atoms with E-state index in [1.807, 2.05) is 19.1 Å². The Balaban J connectivity index is 2.22. The van der Waals surface area contributed by atoms with Crippen LogP contribution >= 0.6 is 0 Å². The molecule has 3 aromatic heterocycles. The molecule has 0 amide bonds. The average Bonchev–Trinajstić information content (AvgIpc) is 2.94. The summed E-state index contributed by atoms with van der Waals surface area (Å²) in [7, 11) is 0. The Morgan fingerprint density at radius 1 is 1.16 bits per heavy atom. The zero-order valence-corrected chi connectivity index (χ0v) is 10.1. The molecule has 3 heterocycles. The van der Waals surface area contributed by atoms with E-state index >= 15 is 0 Å². The van der Waals surface area contributed by atoms with Crippen molar-refractivity contribution >= 4 is 0 Å². The predicted octanol–water partition coefficient (Wildman–Crippen LogP) is 0.925. The van der Waals surface area contributed by atoms with Gasteiger partial charge in [-0.1, -0.05) is 0 Å². The van der Waals surface area contributed by atoms with E-state index in [1.165, 1.54) is 0 Å². The summed E-state index contributed by atoms with van der Waals surface area (Å²) in [4.78, 5) is 18.7. The number of aryl methyl sites for hydroxylation is 1. The number of hydrogen-bond donors (Lipinski definition) is 2. The minimum atomic E-state index is -0.239. The van der Waals surface area contributed by atoms with Crippen molar-refractivity contribution in [1.29, 1.82) is 0 Å². The van der Waals surface area contributed by atoms with E-state index in [0.717, 1.165) is 16.8 Å². The van der Waals surface area contributed by atoms with Crippen molar-refractivity contribution in [3.63, 3.8) is 0 Å². The van der Waals surface area contributed by atoms with Gasteiger partial charge in [0.2, 0.25) is 5.82 Å². The summed E-state index contributed by atoms with van der Waals surface area (Å²) in [5, 5.41) is 13.5. The van der Waals surface area contributed by atoms with Gasteiger partial charge in [0.15, 0.2) is 0 Å². The molecule has 0 saturated heterocycles. The number of nitrogens with one attached hydrogen (secondary N) is 2. The molecule has 0 fully saturated rings. The maximum absolute atomic E-state index is 11.9. The van der Waals surface area contributed by atoms with Crippen molar-refractivity contribution in [3.8, 4) is 22.5 Å². The van der Waals surface area contributed by atoms with Gasteiger partial charge in [0.1, 0.15) is 0 Å². The van der Waals surface area contributed by atoms with Crippen LogP contribution in [-0.2, 0) is 0 Å². The number of aromatic nitrogens is 6. The fourth-order valence-corrected chi connectivity index (χ4v) is 1.90. The minimum Gasteiger partial charge on any atom is -0.325 e. The number of aromatic amines is 2. The third-order valence-electron chi connectivity index (χ3n) is 2.82. The fraction of sp³-hybridized carbons (Fsp3) is 0.0833. The first-order valence-corrected chi connectivity index (χ1v) is 5.64. The summed E-state index contributed by atoms with van der Waals surface area (Å²) in [6, 6.07) is 5.51. The van der Waals surface area contributed by atoms with E-state index in [0.29, 0.717) is 5.56 Å². The molecular weight excluding hydrogens is 244 g/mol. The first kappa shape index (κ1) is 11.3. The Hall–Kier alpha value is -2.83. The lowest BCUT2D eigenvalue weighted by Gasteiger charge is -2.06. The molecular formula is C12H10N6O. The van der Waals surface area contributed by atoms with Crippen molar-refractivity contribution in [2.75, 3.05) is 0 Å². The summed E-state index contributed by atoms with van der Waals surface area (Å²) in [6.07, 6.45) is 3.40. The third-order valence-corrected chi connectivity index (χ3v) is 2.82. The van der Waals surface area contributed by atoms with Crippen LogP contribution in [0.2, 0.25) is 0 Å². The molecule has 0 spiro atoms. The van der Waals surface area contributed by atoms with Gasteiger partial charge in [0.25, 0.3) is 5.56 Å². The van der Waals surface area contributed by atoms with Crippen LogP contribution in [0.25, 0.3) is 22.5 Å². The minimum absolute atomic E-state index is 0.239. The van der Waals surface area contributed by atoms with Crippen LogP contribution in [0.5, 0.6) is 0 Å². The molecule has 0 aliphatic rings. The zero-order chi connectivity index (χ0) is 13.2. The molecule has 3 rings (SSSR count). The van der Waals surface area contributed by atoms with E-state index in [1.54, 1.807) is 18.5 Å². The van der Waals surface area contributed by atoms with Gasteiger partial charge in [0, 0.05) is 23.7 Å². The topological polar surface area (TPSA) is 100 Å². The Morgan fingerprint density at radius 2 is 1.95 bits per heavy atom. The SMILES string of the molecule is Cc1[nH]c(=O)c(-c2nn[nH]n2)cc1-c1ccncc1. The molecule has 7 heteroatoms. The highest BCUT2D eigenvalue weighted by atomic mass is 16.1. The van der Waals surface area contributed by atoms with Gasteiger partial charge in [-0.15, -0.1) is 10.2 Å². The summed E-state index contributed by atoms with van der Waals surface area (Å²) >= 11 is 0. The van der Waals surface area contributed by atoms with Crippen molar-refractivity contribution in [2.24, 2.45) is 0 Å². The van der Waals surface area contributed by atoms with E-state index in [2.05, 4.69) is 30.6 Å². The van der Waals surface area contributed by atoms with Crippen LogP contribution < -0.4 is 5.56 Å². The second kappa shape index (κ2) is 4.45. The fourth-order valence-electron chi connectivity index (χ4n) is 1.90. The zero-order valence-electron chi connectivity index (χ0n) is 10.1. The van der Waals surface area contributed by atoms with Crippen molar-refractivity contribution in [2.45, 2.75) is 6.92 Å². The molecule has 0 radical (unpaired) electrons. The average molecular weight is 254 g/mol. The van der Waals surface area contributed by atoms with Crippen LogP contribution in [0, 0.1) is 6.92 Å². The largest absolute Gasteiger partial charge is 0.325 e. The van der Waals surface area contributed by atoms with Crippen molar-refractivity contribution < 1.29 is 0 Å². The number of hydrogen-bond acceptors (Lipinski definition) is 5. The van der Waals surface area contributed by atoms with Crippen LogP contribution in [0.1, 0.15) is 5.69 Å². The summed E-state index contributed by atoms with van der Waals surface area (Å²) < 4.78 is 0. The van der Waals surface area contributed by atoms with Crippen LogP contribution in [0.15, 0.2) is 35.4 Å². The number of nitrogens with zero attached hydrogens (tertiary/aromatic N) is 4. The summed E-state index contributed by atoms with van der Waals surface area (Å²) in [5.41, 5.74) is 2.79. The Bertz CT molecular complexity index is 748. The highest BCUT2D eigenvalue weighted by Crippen LogP contribution is 2.23. The predicted molar refractivity (Wildman–Crippen MR) is 68.2 cm³/mol. The molecule has 0 aliphatic heterocycles. The lowest BCUT2D eigenvalue weighted by molar-refractivity contribution is 0.881. The molecule has 0 bridgehead atoms. The number of H-pyrrole nitrogens is 2.